The van der Waals surface area contributed by atoms with Crippen molar-refractivity contribution < 1.29 is 9.47 Å². The molecule has 12 rings (SSSR count). The highest BCUT2D eigenvalue weighted by Crippen LogP contribution is 2.62. The molecule has 0 atom stereocenters. The Bertz CT molecular complexity index is 2850. The molecular formula is C54H35N3O3. The van der Waals surface area contributed by atoms with Gasteiger partial charge in [0.05, 0.1) is 45.3 Å². The van der Waals surface area contributed by atoms with Crippen molar-refractivity contribution in [2.45, 2.75) is 0 Å². The molecule has 60 heavy (non-hydrogen) atoms. The molecule has 0 amide bonds. The van der Waals surface area contributed by atoms with Crippen LogP contribution in [0.25, 0.3) is 33.4 Å². The van der Waals surface area contributed by atoms with Crippen LogP contribution in [-0.2, 0) is 0 Å². The number of hydrogen-bond donors (Lipinski definition) is 0. The van der Waals surface area contributed by atoms with E-state index in [1.54, 1.807) is 0 Å². The van der Waals surface area contributed by atoms with E-state index < -0.39 is 4.65 Å². The molecule has 9 aromatic carbocycles. The molecule has 0 fully saturated rings. The fourth-order valence-electron chi connectivity index (χ4n) is 9.06. The first kappa shape index (κ1) is 34.2. The predicted molar refractivity (Wildman–Crippen MR) is 243 cm³/mol. The van der Waals surface area contributed by atoms with Crippen LogP contribution in [-0.4, -0.2) is 0 Å². The number of nitrogens with zero attached hydrogens (tertiary/aromatic N) is 3. The van der Waals surface area contributed by atoms with Gasteiger partial charge < -0.3 is 24.5 Å². The zero-order chi connectivity index (χ0) is 39.8. The standard InChI is InChI=1S/C54H35N3O3/c58-57(42-32-38(36-15-3-1-4-16-36)31-39(33-42)37-17-5-2-6-18-37)49-34-40(55-45-19-7-11-23-51(45)59-52-24-12-8-20-46(52)55)27-29-43(49)44-30-28-41(35-50(44)57)56-47-21-9-13-25-53(47)60-54-26-14-10-22-48(54)56/h1-35H. The van der Waals surface area contributed by atoms with Crippen molar-refractivity contribution in [2.24, 2.45) is 0 Å². The van der Waals surface area contributed by atoms with Gasteiger partial charge in [-0.1, -0.05) is 109 Å². The third kappa shape index (κ3) is 5.22. The molecule has 3 heterocycles. The van der Waals surface area contributed by atoms with Crippen molar-refractivity contribution in [3.05, 3.63) is 218 Å². The second kappa shape index (κ2) is 13.3. The average molecular weight is 774 g/mol. The van der Waals surface area contributed by atoms with Crippen molar-refractivity contribution >= 4 is 51.2 Å². The Morgan fingerprint density at radius 3 is 1.07 bits per heavy atom. The third-order valence-electron chi connectivity index (χ3n) is 11.8. The fraction of sp³-hybridized carbons (Fsp3) is 0. The van der Waals surface area contributed by atoms with E-state index in [1.165, 1.54) is 0 Å². The van der Waals surface area contributed by atoms with Crippen LogP contribution in [0, 0.1) is 5.21 Å². The van der Waals surface area contributed by atoms with Crippen LogP contribution in [0.5, 0.6) is 23.0 Å². The van der Waals surface area contributed by atoms with Crippen molar-refractivity contribution in [3.63, 3.8) is 0 Å². The van der Waals surface area contributed by atoms with Crippen LogP contribution in [0.1, 0.15) is 0 Å². The van der Waals surface area contributed by atoms with Gasteiger partial charge in [0.1, 0.15) is 5.69 Å². The molecule has 0 aromatic heterocycles. The van der Waals surface area contributed by atoms with E-state index in [0.717, 1.165) is 90.5 Å². The number of hydrogen-bond acceptors (Lipinski definition) is 5. The zero-order valence-corrected chi connectivity index (χ0v) is 32.3. The van der Waals surface area contributed by atoms with Gasteiger partial charge in [-0.25, -0.2) is 0 Å². The smallest absolute Gasteiger partial charge is 0.153 e. The SMILES string of the molecule is [O-][N+]1(c2cc(-c3ccccc3)cc(-c3ccccc3)c2)c2cc(N3c4ccccc4Oc4ccccc43)ccc2-c2ccc(N3c4ccccc4Oc4ccccc43)cc21. The number of rotatable bonds is 5. The summed E-state index contributed by atoms with van der Waals surface area (Å²) in [7, 11) is 0. The molecule has 3 aliphatic heterocycles. The second-order valence-electron chi connectivity index (χ2n) is 15.3. The van der Waals surface area contributed by atoms with E-state index in [-0.39, 0.29) is 0 Å². The monoisotopic (exact) mass is 773 g/mol. The Morgan fingerprint density at radius 2 is 0.683 bits per heavy atom. The van der Waals surface area contributed by atoms with Crippen LogP contribution in [0.15, 0.2) is 212 Å². The number of benzene rings is 9. The number of quaternary nitrogens is 1. The minimum absolute atomic E-state index is 0.607. The molecule has 0 saturated carbocycles. The number of anilines is 6. The molecule has 0 aliphatic carbocycles. The maximum atomic E-state index is 17.0. The second-order valence-corrected chi connectivity index (χ2v) is 15.3. The van der Waals surface area contributed by atoms with Crippen molar-refractivity contribution in [1.82, 2.24) is 4.65 Å². The molecule has 6 heteroatoms. The molecule has 284 valence electrons. The Balaban J connectivity index is 1.12. The molecule has 0 radical (unpaired) electrons. The fourth-order valence-corrected chi connectivity index (χ4v) is 9.06. The summed E-state index contributed by atoms with van der Waals surface area (Å²) in [5.74, 6) is 3.01. The summed E-state index contributed by atoms with van der Waals surface area (Å²) in [6.45, 7) is 0. The number of fused-ring (bicyclic) bond motifs is 7. The van der Waals surface area contributed by atoms with E-state index in [0.29, 0.717) is 17.1 Å². The van der Waals surface area contributed by atoms with Gasteiger partial charge in [-0.05, 0) is 101 Å². The predicted octanol–water partition coefficient (Wildman–Crippen LogP) is 15.6. The van der Waals surface area contributed by atoms with Gasteiger partial charge >= 0.3 is 0 Å². The Labute approximate surface area is 347 Å². The van der Waals surface area contributed by atoms with Gasteiger partial charge in [-0.2, -0.15) is 0 Å². The summed E-state index contributed by atoms with van der Waals surface area (Å²) in [5, 5.41) is 17.0. The first-order valence-corrected chi connectivity index (χ1v) is 20.1. The highest BCUT2D eigenvalue weighted by molar-refractivity contribution is 6.03. The summed E-state index contributed by atoms with van der Waals surface area (Å²) >= 11 is 0. The Hall–Kier alpha value is -7.90. The minimum Gasteiger partial charge on any atom is -0.616 e. The lowest BCUT2D eigenvalue weighted by Gasteiger charge is -2.40. The van der Waals surface area contributed by atoms with Gasteiger partial charge in [-0.15, -0.1) is 0 Å². The normalized spacial score (nSPS) is 13.8. The van der Waals surface area contributed by atoms with Crippen LogP contribution < -0.4 is 23.9 Å². The molecule has 9 aromatic rings. The molecule has 0 N–H and O–H groups in total. The van der Waals surface area contributed by atoms with Crippen LogP contribution in [0.4, 0.5) is 51.2 Å². The van der Waals surface area contributed by atoms with E-state index in [4.69, 9.17) is 9.47 Å². The van der Waals surface area contributed by atoms with E-state index in [1.807, 2.05) is 109 Å². The lowest BCUT2D eigenvalue weighted by atomic mass is 9.97. The third-order valence-corrected chi connectivity index (χ3v) is 11.8. The first-order chi connectivity index (χ1) is 29.6. The van der Waals surface area contributed by atoms with Crippen LogP contribution in [0.2, 0.25) is 0 Å². The first-order valence-electron chi connectivity index (χ1n) is 20.1. The number of ether oxygens (including phenoxy) is 2. The quantitative estimate of drug-likeness (QED) is 0.129. The average Bonchev–Trinajstić information content (AvgIpc) is 3.57. The highest BCUT2D eigenvalue weighted by Gasteiger charge is 2.42. The molecule has 0 unspecified atom stereocenters. The maximum Gasteiger partial charge on any atom is 0.153 e. The molecule has 0 spiro atoms. The highest BCUT2D eigenvalue weighted by atomic mass is 16.5. The summed E-state index contributed by atoms with van der Waals surface area (Å²) in [4.78, 5) is 4.40. The Kier molecular flexibility index (Phi) is 7.59. The van der Waals surface area contributed by atoms with Crippen molar-refractivity contribution in [1.29, 1.82) is 0 Å². The zero-order valence-electron chi connectivity index (χ0n) is 32.3. The number of para-hydroxylation sites is 8. The van der Waals surface area contributed by atoms with Crippen molar-refractivity contribution in [3.8, 4) is 56.4 Å². The summed E-state index contributed by atoms with van der Waals surface area (Å²) in [5.41, 5.74) is 13.0. The minimum atomic E-state index is -0.811. The lowest BCUT2D eigenvalue weighted by Crippen LogP contribution is -2.30. The van der Waals surface area contributed by atoms with E-state index in [2.05, 4.69) is 113 Å². The topological polar surface area (TPSA) is 48.0 Å². The molecule has 0 saturated heterocycles. The van der Waals surface area contributed by atoms with Crippen LogP contribution in [0.3, 0.4) is 0 Å². The summed E-state index contributed by atoms with van der Waals surface area (Å²) in [6.07, 6.45) is 0. The van der Waals surface area contributed by atoms with Gasteiger partial charge in [-0.3, -0.25) is 4.65 Å². The molecular weight excluding hydrogens is 739 g/mol. The van der Waals surface area contributed by atoms with E-state index >= 15 is 5.21 Å². The molecule has 3 aliphatic rings. The Morgan fingerprint density at radius 1 is 0.333 bits per heavy atom. The van der Waals surface area contributed by atoms with Gasteiger partial charge in [0, 0.05) is 24.3 Å². The van der Waals surface area contributed by atoms with Gasteiger partial charge in [0.15, 0.2) is 34.4 Å². The van der Waals surface area contributed by atoms with Gasteiger partial charge in [0.2, 0.25) is 0 Å². The van der Waals surface area contributed by atoms with E-state index in [9.17, 15) is 0 Å². The molecule has 6 nitrogen and oxygen atoms in total. The maximum absolute atomic E-state index is 17.0. The van der Waals surface area contributed by atoms with Crippen LogP contribution >= 0.6 is 0 Å². The van der Waals surface area contributed by atoms with Crippen molar-refractivity contribution in [2.75, 3.05) is 9.80 Å². The van der Waals surface area contributed by atoms with Gasteiger partial charge in [0.25, 0.3) is 0 Å². The summed E-state index contributed by atoms with van der Waals surface area (Å²) < 4.78 is 12.0. The summed E-state index contributed by atoms with van der Waals surface area (Å²) in [6, 6.07) is 71.8. The molecule has 0 bridgehead atoms. The lowest BCUT2D eigenvalue weighted by molar-refractivity contribution is 0.477. The largest absolute Gasteiger partial charge is 0.616 e.